The van der Waals surface area contributed by atoms with Crippen molar-refractivity contribution in [2.45, 2.75) is 25.8 Å². The van der Waals surface area contributed by atoms with Crippen molar-refractivity contribution in [1.82, 2.24) is 10.3 Å². The minimum atomic E-state index is -0.616. The van der Waals surface area contributed by atoms with E-state index in [1.54, 1.807) is 43.3 Å². The Hall–Kier alpha value is -5.35. The zero-order valence-corrected chi connectivity index (χ0v) is 23.7. The van der Waals surface area contributed by atoms with E-state index in [1.807, 2.05) is 12.1 Å². The number of anilines is 1. The molecule has 0 saturated carbocycles. The Morgan fingerprint density at radius 3 is 2.45 bits per heavy atom. The van der Waals surface area contributed by atoms with E-state index in [0.717, 1.165) is 40.8 Å². The lowest BCUT2D eigenvalue weighted by Crippen LogP contribution is -2.38. The van der Waals surface area contributed by atoms with Gasteiger partial charge in [-0.05, 0) is 78.9 Å². The van der Waals surface area contributed by atoms with Gasteiger partial charge in [-0.25, -0.2) is 9.29 Å². The third kappa shape index (κ3) is 4.34. The Labute approximate surface area is 250 Å². The summed E-state index contributed by atoms with van der Waals surface area (Å²) in [5, 5.41) is 4.54. The van der Waals surface area contributed by atoms with Crippen molar-refractivity contribution in [3.05, 3.63) is 100 Å². The van der Waals surface area contributed by atoms with Gasteiger partial charge in [0, 0.05) is 41.1 Å². The zero-order valence-electron chi connectivity index (χ0n) is 23.7. The predicted molar refractivity (Wildman–Crippen MR) is 163 cm³/mol. The van der Waals surface area contributed by atoms with Crippen LogP contribution in [0.5, 0.6) is 0 Å². The van der Waals surface area contributed by atoms with Crippen LogP contribution < -0.4 is 16.0 Å². The maximum Gasteiger partial charge on any atom is 0.266 e. The first-order valence-corrected chi connectivity index (χ1v) is 14.3. The molecular weight excluding hydrogens is 563 g/mol. The normalized spacial score (nSPS) is 15.3. The number of nitrogens with zero attached hydrogens (tertiary/aromatic N) is 1. The molecule has 0 spiro atoms. The molecule has 4 aromatic carbocycles. The number of hydrogen-bond donors (Lipinski definition) is 3. The summed E-state index contributed by atoms with van der Waals surface area (Å²) in [6.07, 6.45) is 1.50. The van der Waals surface area contributed by atoms with Gasteiger partial charge in [-0.2, -0.15) is 0 Å². The Morgan fingerprint density at radius 2 is 1.68 bits per heavy atom. The number of H-pyrrole nitrogens is 1. The van der Waals surface area contributed by atoms with E-state index in [2.05, 4.69) is 10.3 Å². The fraction of sp³-hybridized carbons (Fsp3) is 0.176. The number of nitrogens with one attached hydrogen (secondary N) is 2. The van der Waals surface area contributed by atoms with E-state index in [4.69, 9.17) is 10.5 Å². The largest absolute Gasteiger partial charge is 0.381 e. The number of aromatic amines is 1. The zero-order chi connectivity index (χ0) is 30.7. The number of halogens is 1. The number of aromatic nitrogens is 1. The highest BCUT2D eigenvalue weighted by Gasteiger charge is 2.38. The van der Waals surface area contributed by atoms with Gasteiger partial charge in [0.05, 0.1) is 27.9 Å². The van der Waals surface area contributed by atoms with Gasteiger partial charge >= 0.3 is 0 Å². The molecule has 0 aliphatic carbocycles. The molecule has 3 heterocycles. The number of fused-ring (bicyclic) bond motifs is 4. The van der Waals surface area contributed by atoms with Crippen LogP contribution in [-0.2, 0) is 4.74 Å². The number of amides is 4. The number of primary amides is 1. The lowest BCUT2D eigenvalue weighted by atomic mass is 9.93. The number of benzene rings is 4. The second kappa shape index (κ2) is 10.4. The molecule has 1 fully saturated rings. The van der Waals surface area contributed by atoms with Gasteiger partial charge in [0.2, 0.25) is 0 Å². The minimum absolute atomic E-state index is 0.0151. The third-order valence-corrected chi connectivity index (χ3v) is 8.52. The summed E-state index contributed by atoms with van der Waals surface area (Å²) in [5.41, 5.74) is 10.3. The molecule has 2 aliphatic rings. The van der Waals surface area contributed by atoms with E-state index in [-0.39, 0.29) is 28.6 Å². The molecule has 2 aliphatic heterocycles. The molecule has 0 unspecified atom stereocenters. The monoisotopic (exact) mass is 590 g/mol. The van der Waals surface area contributed by atoms with Gasteiger partial charge in [0.15, 0.2) is 0 Å². The molecule has 0 radical (unpaired) electrons. The van der Waals surface area contributed by atoms with Gasteiger partial charge < -0.3 is 20.8 Å². The lowest BCUT2D eigenvalue weighted by molar-refractivity contribution is 0.0696. The number of rotatable bonds is 5. The van der Waals surface area contributed by atoms with Gasteiger partial charge in [0.25, 0.3) is 23.6 Å². The first kappa shape index (κ1) is 27.5. The first-order valence-electron chi connectivity index (χ1n) is 14.3. The number of carbonyl (C=O) groups is 4. The van der Waals surface area contributed by atoms with Crippen LogP contribution in [0.2, 0.25) is 0 Å². The second-order valence-electron chi connectivity index (χ2n) is 11.1. The summed E-state index contributed by atoms with van der Waals surface area (Å²) in [4.78, 5) is 56.5. The quantitative estimate of drug-likeness (QED) is 0.241. The van der Waals surface area contributed by atoms with E-state index in [0.29, 0.717) is 52.0 Å². The second-order valence-corrected chi connectivity index (χ2v) is 11.1. The van der Waals surface area contributed by atoms with Crippen LogP contribution in [0.1, 0.15) is 59.8 Å². The van der Waals surface area contributed by atoms with Crippen molar-refractivity contribution < 1.29 is 28.3 Å². The minimum Gasteiger partial charge on any atom is -0.381 e. The Balaban J connectivity index is 1.34. The fourth-order valence-electron chi connectivity index (χ4n) is 6.28. The summed E-state index contributed by atoms with van der Waals surface area (Å²) >= 11 is 0. The van der Waals surface area contributed by atoms with Crippen molar-refractivity contribution >= 4 is 51.1 Å². The summed E-state index contributed by atoms with van der Waals surface area (Å²) in [6, 6.07) is 17.6. The number of ether oxygens (including phenoxy) is 1. The molecule has 220 valence electrons. The third-order valence-electron chi connectivity index (χ3n) is 8.52. The molecule has 4 N–H and O–H groups in total. The molecule has 10 heteroatoms. The highest BCUT2D eigenvalue weighted by atomic mass is 19.1. The van der Waals surface area contributed by atoms with Gasteiger partial charge in [-0.3, -0.25) is 19.2 Å². The highest BCUT2D eigenvalue weighted by molar-refractivity contribution is 6.35. The molecule has 0 atom stereocenters. The van der Waals surface area contributed by atoms with Crippen molar-refractivity contribution in [3.63, 3.8) is 0 Å². The Bertz CT molecular complexity index is 2060. The smallest absolute Gasteiger partial charge is 0.266 e. The molecule has 1 aromatic heterocycles. The van der Waals surface area contributed by atoms with E-state index < -0.39 is 23.5 Å². The maximum absolute atomic E-state index is 13.9. The number of imide groups is 1. The molecular formula is C34H27FN4O5. The Kier molecular flexibility index (Phi) is 6.51. The summed E-state index contributed by atoms with van der Waals surface area (Å²) in [5.74, 6) is -2.54. The van der Waals surface area contributed by atoms with Crippen LogP contribution in [0, 0.1) is 12.7 Å². The summed E-state index contributed by atoms with van der Waals surface area (Å²) in [6.45, 7) is 3.02. The number of nitrogens with two attached hydrogens (primary N) is 1. The average molecular weight is 591 g/mol. The van der Waals surface area contributed by atoms with Crippen LogP contribution >= 0.6 is 0 Å². The highest BCUT2D eigenvalue weighted by Crippen LogP contribution is 2.41. The van der Waals surface area contributed by atoms with Crippen LogP contribution in [0.25, 0.3) is 32.9 Å². The Morgan fingerprint density at radius 1 is 0.932 bits per heavy atom. The van der Waals surface area contributed by atoms with Crippen molar-refractivity contribution in [3.8, 4) is 11.1 Å². The molecule has 5 aromatic rings. The van der Waals surface area contributed by atoms with E-state index in [9.17, 15) is 23.6 Å². The van der Waals surface area contributed by atoms with Crippen LogP contribution in [0.15, 0.2) is 66.7 Å². The number of carbonyl (C=O) groups excluding carboxylic acids is 4. The lowest BCUT2D eigenvalue weighted by Gasteiger charge is -2.23. The van der Waals surface area contributed by atoms with Crippen LogP contribution in [0.3, 0.4) is 0 Å². The van der Waals surface area contributed by atoms with Crippen molar-refractivity contribution in [1.29, 1.82) is 0 Å². The van der Waals surface area contributed by atoms with Crippen molar-refractivity contribution in [2.24, 2.45) is 5.73 Å². The number of hydrogen-bond acceptors (Lipinski definition) is 5. The van der Waals surface area contributed by atoms with E-state index >= 15 is 0 Å². The van der Waals surface area contributed by atoms with Gasteiger partial charge in [0.1, 0.15) is 5.82 Å². The molecule has 0 bridgehead atoms. The van der Waals surface area contributed by atoms with E-state index in [1.165, 1.54) is 6.07 Å². The van der Waals surface area contributed by atoms with Gasteiger partial charge in [-0.15, -0.1) is 0 Å². The molecule has 9 nitrogen and oxygen atoms in total. The fourth-order valence-corrected chi connectivity index (χ4v) is 6.28. The summed E-state index contributed by atoms with van der Waals surface area (Å²) < 4.78 is 19.3. The van der Waals surface area contributed by atoms with Crippen LogP contribution in [0.4, 0.5) is 10.1 Å². The van der Waals surface area contributed by atoms with Crippen molar-refractivity contribution in [2.75, 3.05) is 18.1 Å². The molecule has 7 rings (SSSR count). The van der Waals surface area contributed by atoms with Gasteiger partial charge in [-0.1, -0.05) is 24.3 Å². The SMILES string of the molecule is Cc1c(-c2ccc(C(N)=O)c3[nH]c4cc(C(=O)NC5CCOCC5)ccc4c23)cccc1N1C(=O)c2ccc(F)cc2C1=O. The predicted octanol–water partition coefficient (Wildman–Crippen LogP) is 5.24. The topological polar surface area (TPSA) is 135 Å². The average Bonchev–Trinajstić information content (AvgIpc) is 3.51. The van der Waals surface area contributed by atoms with Crippen LogP contribution in [-0.4, -0.2) is 47.9 Å². The standard InChI is InChI=1S/C34H27FN4O5/c1-17-21(3-2-4-28(17)39-33(42)23-8-6-19(35)16-26(23)34(39)43)22-9-10-25(31(36)40)30-29(22)24-7-5-18(15-27(24)38-30)32(41)37-20-11-13-44-14-12-20/h2-10,15-16,20,38H,11-14H2,1H3,(H2,36,40)(H,37,41). The summed E-state index contributed by atoms with van der Waals surface area (Å²) in [7, 11) is 0. The molecule has 1 saturated heterocycles. The first-order chi connectivity index (χ1) is 21.2. The molecule has 44 heavy (non-hydrogen) atoms. The molecule has 4 amide bonds. The maximum atomic E-state index is 13.9.